The zero-order valence-corrected chi connectivity index (χ0v) is 11.2. The molecule has 1 heterocycles. The predicted molar refractivity (Wildman–Crippen MR) is 69.9 cm³/mol. The lowest BCUT2D eigenvalue weighted by Crippen LogP contribution is -2.51. The molecule has 2 unspecified atom stereocenters. The number of amides is 1. The van der Waals surface area contributed by atoms with Gasteiger partial charge in [0.2, 0.25) is 5.91 Å². The van der Waals surface area contributed by atoms with Gasteiger partial charge in [-0.2, -0.15) is 0 Å². The molecule has 0 aromatic rings. The summed E-state index contributed by atoms with van der Waals surface area (Å²) in [5.74, 6) is 0.339. The highest BCUT2D eigenvalue weighted by atomic mass is 16.5. The van der Waals surface area contributed by atoms with E-state index < -0.39 is 5.54 Å². The molecule has 0 aromatic carbocycles. The molecule has 18 heavy (non-hydrogen) atoms. The summed E-state index contributed by atoms with van der Waals surface area (Å²) in [6, 6.07) is 0.436. The Morgan fingerprint density at radius 3 is 2.56 bits per heavy atom. The number of rotatable bonds is 4. The van der Waals surface area contributed by atoms with Gasteiger partial charge in [-0.05, 0) is 51.1 Å². The molecular formula is C13H25N3O2. The van der Waals surface area contributed by atoms with Crippen molar-refractivity contribution < 1.29 is 9.53 Å². The smallest absolute Gasteiger partial charge is 0.237 e. The maximum atomic E-state index is 11.4. The van der Waals surface area contributed by atoms with Crippen molar-refractivity contribution in [3.05, 3.63) is 0 Å². The van der Waals surface area contributed by atoms with Crippen LogP contribution in [0.1, 0.15) is 32.1 Å². The number of ether oxygens (including phenoxy) is 1. The van der Waals surface area contributed by atoms with Crippen LogP contribution < -0.4 is 11.5 Å². The van der Waals surface area contributed by atoms with Gasteiger partial charge >= 0.3 is 0 Å². The molecule has 1 aliphatic heterocycles. The second-order valence-corrected chi connectivity index (χ2v) is 5.85. The molecule has 5 nitrogen and oxygen atoms in total. The number of hydrogen-bond acceptors (Lipinski definition) is 4. The minimum absolute atomic E-state index is 0.348. The van der Waals surface area contributed by atoms with Crippen LogP contribution in [-0.2, 0) is 9.53 Å². The van der Waals surface area contributed by atoms with Crippen LogP contribution in [0.5, 0.6) is 0 Å². The normalized spacial score (nSPS) is 34.9. The average molecular weight is 255 g/mol. The number of likely N-dealkylation sites (tertiary alicyclic amines) is 1. The predicted octanol–water partition coefficient (Wildman–Crippen LogP) is 0.0801. The Balaban J connectivity index is 1.83. The number of carbonyl (C=O) groups is 1. The van der Waals surface area contributed by atoms with Crippen LogP contribution >= 0.6 is 0 Å². The molecule has 2 aliphatic rings. The lowest BCUT2D eigenvalue weighted by atomic mass is 9.95. The third-order valence-corrected chi connectivity index (χ3v) is 4.58. The van der Waals surface area contributed by atoms with Crippen molar-refractivity contribution in [1.29, 1.82) is 0 Å². The number of carbonyl (C=O) groups excluding carboxylic acids is 1. The summed E-state index contributed by atoms with van der Waals surface area (Å²) in [5, 5.41) is 0. The molecule has 5 heteroatoms. The lowest BCUT2D eigenvalue weighted by molar-refractivity contribution is -0.123. The van der Waals surface area contributed by atoms with Crippen LogP contribution in [-0.4, -0.2) is 49.2 Å². The molecule has 0 aromatic heterocycles. The number of hydrogen-bond donors (Lipinski definition) is 2. The van der Waals surface area contributed by atoms with E-state index in [2.05, 4.69) is 4.90 Å². The summed E-state index contributed by atoms with van der Waals surface area (Å²) in [6.45, 7) is 3.04. The van der Waals surface area contributed by atoms with Crippen molar-refractivity contribution in [3.8, 4) is 0 Å². The first-order valence-corrected chi connectivity index (χ1v) is 6.87. The minimum Gasteiger partial charge on any atom is -0.384 e. The Bertz CT molecular complexity index is 303. The molecule has 1 amide bonds. The van der Waals surface area contributed by atoms with E-state index in [1.807, 2.05) is 0 Å². The summed E-state index contributed by atoms with van der Waals surface area (Å²) in [7, 11) is 1.76. The maximum absolute atomic E-state index is 11.4. The van der Waals surface area contributed by atoms with Gasteiger partial charge in [-0.3, -0.25) is 4.79 Å². The minimum atomic E-state index is -0.770. The topological polar surface area (TPSA) is 81.6 Å². The molecule has 0 bridgehead atoms. The molecular weight excluding hydrogens is 230 g/mol. The molecule has 104 valence electrons. The Morgan fingerprint density at radius 1 is 1.39 bits per heavy atom. The van der Waals surface area contributed by atoms with E-state index in [0.717, 1.165) is 39.0 Å². The Kier molecular flexibility index (Phi) is 4.25. The molecule has 0 spiro atoms. The summed E-state index contributed by atoms with van der Waals surface area (Å²) < 4.78 is 5.21. The number of nitrogens with zero attached hydrogens (tertiary/aromatic N) is 1. The molecule has 1 aliphatic carbocycles. The fourth-order valence-electron chi connectivity index (χ4n) is 3.30. The van der Waals surface area contributed by atoms with Gasteiger partial charge in [-0.25, -0.2) is 0 Å². The molecule has 2 atom stereocenters. The van der Waals surface area contributed by atoms with Gasteiger partial charge in [0.1, 0.15) is 0 Å². The van der Waals surface area contributed by atoms with Gasteiger partial charge < -0.3 is 21.1 Å². The Morgan fingerprint density at radius 2 is 2.06 bits per heavy atom. The first-order chi connectivity index (χ1) is 8.55. The van der Waals surface area contributed by atoms with E-state index in [1.165, 1.54) is 12.8 Å². The lowest BCUT2D eigenvalue weighted by Gasteiger charge is -2.36. The number of primary amides is 1. The highest BCUT2D eigenvalue weighted by Gasteiger charge is 2.43. The highest BCUT2D eigenvalue weighted by Crippen LogP contribution is 2.33. The highest BCUT2D eigenvalue weighted by molar-refractivity contribution is 5.84. The summed E-state index contributed by atoms with van der Waals surface area (Å²) in [4.78, 5) is 13.8. The molecule has 2 fully saturated rings. The van der Waals surface area contributed by atoms with Gasteiger partial charge in [0.15, 0.2) is 0 Å². The monoisotopic (exact) mass is 255 g/mol. The van der Waals surface area contributed by atoms with Crippen LogP contribution in [0.25, 0.3) is 0 Å². The van der Waals surface area contributed by atoms with Crippen LogP contribution in [0, 0.1) is 5.92 Å². The van der Waals surface area contributed by atoms with Gasteiger partial charge in [0.05, 0.1) is 5.54 Å². The number of nitrogens with two attached hydrogens (primary N) is 2. The van der Waals surface area contributed by atoms with E-state index in [9.17, 15) is 4.79 Å². The largest absolute Gasteiger partial charge is 0.384 e. The van der Waals surface area contributed by atoms with Crippen molar-refractivity contribution >= 4 is 5.91 Å². The second kappa shape index (κ2) is 5.55. The maximum Gasteiger partial charge on any atom is 0.237 e. The summed E-state index contributed by atoms with van der Waals surface area (Å²) in [5.41, 5.74) is 10.7. The zero-order valence-electron chi connectivity index (χ0n) is 11.2. The fraction of sp³-hybridized carbons (Fsp3) is 0.923. The van der Waals surface area contributed by atoms with Crippen LogP contribution in [0.2, 0.25) is 0 Å². The van der Waals surface area contributed by atoms with Crippen LogP contribution in [0.3, 0.4) is 0 Å². The van der Waals surface area contributed by atoms with Crippen molar-refractivity contribution in [2.75, 3.05) is 26.8 Å². The zero-order chi connectivity index (χ0) is 13.2. The van der Waals surface area contributed by atoms with Gasteiger partial charge in [-0.15, -0.1) is 0 Å². The van der Waals surface area contributed by atoms with E-state index in [4.69, 9.17) is 16.2 Å². The van der Waals surface area contributed by atoms with E-state index in [0.29, 0.717) is 12.0 Å². The van der Waals surface area contributed by atoms with Gasteiger partial charge in [-0.1, -0.05) is 0 Å². The van der Waals surface area contributed by atoms with E-state index >= 15 is 0 Å². The summed E-state index contributed by atoms with van der Waals surface area (Å²) >= 11 is 0. The SMILES string of the molecule is COCC1CCN(C2CCC(N)(C(N)=O)C2)CC1. The quantitative estimate of drug-likeness (QED) is 0.745. The molecule has 1 saturated heterocycles. The number of methoxy groups -OCH3 is 1. The van der Waals surface area contributed by atoms with E-state index in [-0.39, 0.29) is 5.91 Å². The third-order valence-electron chi connectivity index (χ3n) is 4.58. The van der Waals surface area contributed by atoms with Gasteiger partial charge in [0, 0.05) is 19.8 Å². The fourth-order valence-corrected chi connectivity index (χ4v) is 3.30. The molecule has 4 N–H and O–H groups in total. The van der Waals surface area contributed by atoms with Crippen LogP contribution in [0.4, 0.5) is 0 Å². The molecule has 2 rings (SSSR count). The first-order valence-electron chi connectivity index (χ1n) is 6.87. The van der Waals surface area contributed by atoms with E-state index in [1.54, 1.807) is 7.11 Å². The van der Waals surface area contributed by atoms with Crippen molar-refractivity contribution in [2.24, 2.45) is 17.4 Å². The summed E-state index contributed by atoms with van der Waals surface area (Å²) in [6.07, 6.45) is 4.80. The van der Waals surface area contributed by atoms with Gasteiger partial charge in [0.25, 0.3) is 0 Å². The first kappa shape index (κ1) is 13.8. The Hall–Kier alpha value is -0.650. The third kappa shape index (κ3) is 2.84. The van der Waals surface area contributed by atoms with Crippen molar-refractivity contribution in [2.45, 2.75) is 43.7 Å². The average Bonchev–Trinajstić information content (AvgIpc) is 2.75. The number of piperidine rings is 1. The van der Waals surface area contributed by atoms with Crippen molar-refractivity contribution in [1.82, 2.24) is 4.90 Å². The second-order valence-electron chi connectivity index (χ2n) is 5.85. The molecule has 0 radical (unpaired) electrons. The Labute approximate surface area is 109 Å². The van der Waals surface area contributed by atoms with Crippen molar-refractivity contribution in [3.63, 3.8) is 0 Å². The molecule has 1 saturated carbocycles. The van der Waals surface area contributed by atoms with Crippen LogP contribution in [0.15, 0.2) is 0 Å². The standard InChI is InChI=1S/C13H25N3O2/c1-18-9-10-3-6-16(7-4-10)11-2-5-13(15,8-11)12(14)17/h10-11H,2-9,15H2,1H3,(H2,14,17).